The molecule has 2 rings (SSSR count). The number of sulfonamides is 1. The normalized spacial score (nSPS) is 11.4. The summed E-state index contributed by atoms with van der Waals surface area (Å²) in [6.07, 6.45) is 3.17. The molecule has 0 spiro atoms. The quantitative estimate of drug-likeness (QED) is 0.449. The Labute approximate surface area is 188 Å². The number of benzene rings is 1. The highest BCUT2D eigenvalue weighted by atomic mass is 32.2. The predicted molar refractivity (Wildman–Crippen MR) is 124 cm³/mol. The summed E-state index contributed by atoms with van der Waals surface area (Å²) in [5.41, 5.74) is 0.990. The van der Waals surface area contributed by atoms with Gasteiger partial charge in [0.25, 0.3) is 0 Å². The van der Waals surface area contributed by atoms with Gasteiger partial charge >= 0.3 is 0 Å². The Bertz CT molecular complexity index is 1000. The molecule has 0 radical (unpaired) electrons. The Balaban J connectivity index is 2.19. The Morgan fingerprint density at radius 1 is 1.16 bits per heavy atom. The van der Waals surface area contributed by atoms with Crippen molar-refractivity contribution in [2.24, 2.45) is 0 Å². The fraction of sp³-hybridized carbons (Fsp3) is 0.409. The van der Waals surface area contributed by atoms with Crippen LogP contribution < -0.4 is 9.47 Å². The molecule has 31 heavy (non-hydrogen) atoms. The van der Waals surface area contributed by atoms with Crippen LogP contribution in [-0.4, -0.2) is 63.6 Å². The molecule has 0 saturated heterocycles. The van der Waals surface area contributed by atoms with Gasteiger partial charge in [-0.25, -0.2) is 8.42 Å². The zero-order chi connectivity index (χ0) is 23.0. The Morgan fingerprint density at radius 3 is 2.42 bits per heavy atom. The first-order valence-corrected chi connectivity index (χ1v) is 12.4. The van der Waals surface area contributed by atoms with Crippen LogP contribution in [0.1, 0.15) is 15.3 Å². The molecule has 0 saturated carbocycles. The Hall–Kier alpha value is -2.36. The van der Waals surface area contributed by atoms with Crippen LogP contribution in [0.4, 0.5) is 0 Å². The van der Waals surface area contributed by atoms with E-state index >= 15 is 0 Å². The molecule has 1 amide bonds. The van der Waals surface area contributed by atoms with Crippen molar-refractivity contribution in [1.82, 2.24) is 9.21 Å². The fourth-order valence-corrected chi connectivity index (χ4v) is 4.69. The van der Waals surface area contributed by atoms with E-state index in [4.69, 9.17) is 9.47 Å². The lowest BCUT2D eigenvalue weighted by molar-refractivity contribution is -0.131. The summed E-state index contributed by atoms with van der Waals surface area (Å²) in [5, 5.41) is 0. The van der Waals surface area contributed by atoms with E-state index in [1.807, 2.05) is 37.3 Å². The lowest BCUT2D eigenvalue weighted by Gasteiger charge is -2.26. The van der Waals surface area contributed by atoms with E-state index in [1.54, 1.807) is 30.5 Å². The number of thiophene rings is 1. The summed E-state index contributed by atoms with van der Waals surface area (Å²) in [7, 11) is -0.361. The highest BCUT2D eigenvalue weighted by Crippen LogP contribution is 2.28. The minimum atomic E-state index is -3.52. The van der Waals surface area contributed by atoms with Crippen LogP contribution in [0, 0.1) is 6.92 Å². The second-order valence-electron chi connectivity index (χ2n) is 7.11. The Kier molecular flexibility index (Phi) is 9.09. The molecule has 0 aliphatic rings. The van der Waals surface area contributed by atoms with Crippen LogP contribution in [0.25, 0.3) is 0 Å². The van der Waals surface area contributed by atoms with Gasteiger partial charge in [0, 0.05) is 22.8 Å². The molecule has 9 heteroatoms. The monoisotopic (exact) mass is 466 g/mol. The second kappa shape index (κ2) is 11.3. The first-order valence-electron chi connectivity index (χ1n) is 9.78. The standard InChI is InChI=1S/C22H30N2O5S2/c1-6-12-24(31(5,26)27)16-22(25)23(15-19-9-7-17(2)30-19)13-11-18-8-10-20(28-3)21(14-18)29-4/h6-10,14H,1,11-13,15-16H2,2-5H3. The SMILES string of the molecule is C=CCN(CC(=O)N(CCc1ccc(OC)c(OC)c1)Cc1ccc(C)s1)S(C)(=O)=O. The molecule has 0 atom stereocenters. The highest BCUT2D eigenvalue weighted by molar-refractivity contribution is 7.88. The maximum atomic E-state index is 13.1. The van der Waals surface area contributed by atoms with Crippen LogP contribution in [0.5, 0.6) is 11.5 Å². The maximum absolute atomic E-state index is 13.1. The molecule has 0 N–H and O–H groups in total. The lowest BCUT2D eigenvalue weighted by Crippen LogP contribution is -2.43. The number of aryl methyl sites for hydroxylation is 1. The number of carbonyl (C=O) groups is 1. The number of rotatable bonds is 12. The van der Waals surface area contributed by atoms with Crippen LogP contribution in [-0.2, 0) is 27.8 Å². The second-order valence-corrected chi connectivity index (χ2v) is 10.5. The van der Waals surface area contributed by atoms with Crippen LogP contribution in [0.15, 0.2) is 43.0 Å². The molecule has 0 bridgehead atoms. The van der Waals surface area contributed by atoms with Crippen LogP contribution >= 0.6 is 11.3 Å². The van der Waals surface area contributed by atoms with Gasteiger partial charge in [0.1, 0.15) is 0 Å². The van der Waals surface area contributed by atoms with Gasteiger partial charge in [0.2, 0.25) is 15.9 Å². The third-order valence-electron chi connectivity index (χ3n) is 4.73. The summed E-state index contributed by atoms with van der Waals surface area (Å²) in [5.74, 6) is 1.02. The number of carbonyl (C=O) groups excluding carboxylic acids is 1. The number of hydrogen-bond donors (Lipinski definition) is 0. The average molecular weight is 467 g/mol. The van der Waals surface area contributed by atoms with Gasteiger partial charge in [-0.3, -0.25) is 4.79 Å². The van der Waals surface area contributed by atoms with Crippen molar-refractivity contribution in [3.05, 3.63) is 58.3 Å². The van der Waals surface area contributed by atoms with Gasteiger partial charge in [0.05, 0.1) is 33.6 Å². The molecular weight excluding hydrogens is 436 g/mol. The molecule has 2 aromatic rings. The van der Waals surface area contributed by atoms with E-state index < -0.39 is 10.0 Å². The summed E-state index contributed by atoms with van der Waals surface area (Å²) in [6.45, 7) is 6.34. The van der Waals surface area contributed by atoms with E-state index in [-0.39, 0.29) is 19.0 Å². The summed E-state index contributed by atoms with van der Waals surface area (Å²) in [4.78, 5) is 17.0. The molecule has 7 nitrogen and oxygen atoms in total. The van der Waals surface area contributed by atoms with Crippen molar-refractivity contribution < 1.29 is 22.7 Å². The van der Waals surface area contributed by atoms with Crippen molar-refractivity contribution in [3.8, 4) is 11.5 Å². The molecule has 0 unspecified atom stereocenters. The van der Waals surface area contributed by atoms with Gasteiger partial charge in [-0.2, -0.15) is 4.31 Å². The third kappa shape index (κ3) is 7.37. The zero-order valence-corrected chi connectivity index (χ0v) is 20.1. The number of methoxy groups -OCH3 is 2. The summed E-state index contributed by atoms with van der Waals surface area (Å²) >= 11 is 1.62. The predicted octanol–water partition coefficient (Wildman–Crippen LogP) is 3.09. The van der Waals surface area contributed by atoms with Crippen LogP contribution in [0.3, 0.4) is 0 Å². The number of hydrogen-bond acceptors (Lipinski definition) is 6. The van der Waals surface area contributed by atoms with Crippen molar-refractivity contribution >= 4 is 27.3 Å². The Morgan fingerprint density at radius 2 is 1.87 bits per heavy atom. The van der Waals surface area contributed by atoms with Crippen molar-refractivity contribution in [3.63, 3.8) is 0 Å². The molecular formula is C22H30N2O5S2. The number of nitrogens with zero attached hydrogens (tertiary/aromatic N) is 2. The summed E-state index contributed by atoms with van der Waals surface area (Å²) in [6, 6.07) is 9.65. The molecule has 170 valence electrons. The minimum absolute atomic E-state index is 0.0895. The van der Waals surface area contributed by atoms with E-state index in [2.05, 4.69) is 6.58 Å². The van der Waals surface area contributed by atoms with Gasteiger partial charge in [0.15, 0.2) is 11.5 Å². The van der Waals surface area contributed by atoms with Gasteiger partial charge in [-0.1, -0.05) is 12.1 Å². The summed E-state index contributed by atoms with van der Waals surface area (Å²) < 4.78 is 35.8. The van der Waals surface area contributed by atoms with Gasteiger partial charge in [-0.15, -0.1) is 17.9 Å². The van der Waals surface area contributed by atoms with E-state index in [1.165, 1.54) is 6.08 Å². The first kappa shape index (κ1) is 24.9. The van der Waals surface area contributed by atoms with Crippen molar-refractivity contribution in [2.45, 2.75) is 19.9 Å². The van der Waals surface area contributed by atoms with Crippen LogP contribution in [0.2, 0.25) is 0 Å². The van der Waals surface area contributed by atoms with E-state index in [0.29, 0.717) is 31.0 Å². The van der Waals surface area contributed by atoms with Crippen molar-refractivity contribution in [1.29, 1.82) is 0 Å². The highest BCUT2D eigenvalue weighted by Gasteiger charge is 2.23. The van der Waals surface area contributed by atoms with Gasteiger partial charge < -0.3 is 14.4 Å². The molecule has 1 aromatic heterocycles. The molecule has 0 aliphatic carbocycles. The van der Waals surface area contributed by atoms with E-state index in [9.17, 15) is 13.2 Å². The average Bonchev–Trinajstić information content (AvgIpc) is 3.14. The smallest absolute Gasteiger partial charge is 0.238 e. The largest absolute Gasteiger partial charge is 0.493 e. The maximum Gasteiger partial charge on any atom is 0.238 e. The molecule has 1 heterocycles. The third-order valence-corrected chi connectivity index (χ3v) is 6.93. The molecule has 0 fully saturated rings. The fourth-order valence-electron chi connectivity index (χ4n) is 3.06. The first-order chi connectivity index (χ1) is 14.7. The molecule has 0 aliphatic heterocycles. The minimum Gasteiger partial charge on any atom is -0.493 e. The number of ether oxygens (including phenoxy) is 2. The lowest BCUT2D eigenvalue weighted by atomic mass is 10.1. The van der Waals surface area contributed by atoms with E-state index in [0.717, 1.165) is 25.9 Å². The zero-order valence-electron chi connectivity index (χ0n) is 18.5. The van der Waals surface area contributed by atoms with Crippen molar-refractivity contribution in [2.75, 3.05) is 40.1 Å². The molecule has 1 aromatic carbocycles. The number of amides is 1. The van der Waals surface area contributed by atoms with Gasteiger partial charge in [-0.05, 0) is 43.2 Å². The topological polar surface area (TPSA) is 76.2 Å².